The number of benzene rings is 1. The van der Waals surface area contributed by atoms with E-state index in [0.29, 0.717) is 0 Å². The summed E-state index contributed by atoms with van der Waals surface area (Å²) in [6.07, 6.45) is 59.2. The molecule has 0 spiro atoms. The summed E-state index contributed by atoms with van der Waals surface area (Å²) in [5, 5.41) is 7.89. The first-order valence-corrected chi connectivity index (χ1v) is 30.2. The Morgan fingerprint density at radius 1 is 0.288 bits per heavy atom. The van der Waals surface area contributed by atoms with Crippen molar-refractivity contribution in [3.63, 3.8) is 0 Å². The quantitative estimate of drug-likeness (QED) is 0.0640. The number of rotatable bonds is 44. The lowest BCUT2D eigenvalue weighted by atomic mass is 9.75. The van der Waals surface area contributed by atoms with Crippen molar-refractivity contribution in [1.29, 1.82) is 0 Å². The minimum absolute atomic E-state index is 0.285. The smallest absolute Gasteiger partial charge is 0.134 e. The Hall–Kier alpha value is -1.26. The molecule has 0 radical (unpaired) electrons. The highest BCUT2D eigenvalue weighted by molar-refractivity contribution is 5.71. The normalized spacial score (nSPS) is 16.7. The lowest BCUT2D eigenvalue weighted by Crippen LogP contribution is -2.51. The molecule has 0 aromatic heterocycles. The van der Waals surface area contributed by atoms with Crippen LogP contribution in [0.15, 0.2) is 12.1 Å². The molecule has 2 aliphatic rings. The molecule has 4 nitrogen and oxygen atoms in total. The fourth-order valence-corrected chi connectivity index (χ4v) is 11.9. The van der Waals surface area contributed by atoms with E-state index in [2.05, 4.69) is 78.2 Å². The zero-order chi connectivity index (χ0) is 47.7. The highest BCUT2D eigenvalue weighted by Gasteiger charge is 2.49. The van der Waals surface area contributed by atoms with Gasteiger partial charge in [-0.25, -0.2) is 0 Å². The molecule has 66 heavy (non-hydrogen) atoms. The van der Waals surface area contributed by atoms with E-state index in [1.165, 1.54) is 279 Å². The van der Waals surface area contributed by atoms with Gasteiger partial charge in [0.1, 0.15) is 11.4 Å². The van der Waals surface area contributed by atoms with Crippen molar-refractivity contribution in [2.75, 3.05) is 10.6 Å². The van der Waals surface area contributed by atoms with Crippen molar-refractivity contribution < 1.29 is 9.47 Å². The molecule has 2 heterocycles. The topological polar surface area (TPSA) is 42.5 Å². The zero-order valence-corrected chi connectivity index (χ0v) is 46.1. The maximum atomic E-state index is 7.51. The Morgan fingerprint density at radius 2 is 0.485 bits per heavy atom. The Labute approximate surface area is 413 Å². The summed E-state index contributed by atoms with van der Waals surface area (Å²) in [6, 6.07) is 5.16. The fourth-order valence-electron chi connectivity index (χ4n) is 11.9. The Morgan fingerprint density at radius 3 is 0.697 bits per heavy atom. The monoisotopic (exact) mass is 921 g/mol. The first-order valence-electron chi connectivity index (χ1n) is 30.2. The molecule has 4 heteroatoms. The van der Waals surface area contributed by atoms with E-state index < -0.39 is 11.4 Å². The van der Waals surface area contributed by atoms with Gasteiger partial charge in [0.15, 0.2) is 0 Å². The highest BCUT2D eigenvalue weighted by atomic mass is 16.5. The molecular formula is C62H116N2O2. The SMILES string of the molecule is CCCCCCCCCCCCC1(CCCCCCCCCCCC)OC(C)(C)Nc2cc3c(cc21)C(CCCCCCCCCCCC)(CCCCCCCCCCCC)OC(C)(C)N3. The van der Waals surface area contributed by atoms with Crippen molar-refractivity contribution in [3.05, 3.63) is 23.3 Å². The summed E-state index contributed by atoms with van der Waals surface area (Å²) < 4.78 is 15.0. The Kier molecular flexibility index (Phi) is 31.3. The molecule has 0 amide bonds. The largest absolute Gasteiger partial charge is 0.358 e. The summed E-state index contributed by atoms with van der Waals surface area (Å²) in [7, 11) is 0. The van der Waals surface area contributed by atoms with Gasteiger partial charge in [0.2, 0.25) is 0 Å². The van der Waals surface area contributed by atoms with E-state index in [0.717, 1.165) is 25.7 Å². The summed E-state index contributed by atoms with van der Waals surface area (Å²) in [4.78, 5) is 0. The van der Waals surface area contributed by atoms with Crippen LogP contribution in [0.2, 0.25) is 0 Å². The summed E-state index contributed by atoms with van der Waals surface area (Å²) in [5.74, 6) is 0. The predicted octanol–water partition coefficient (Wildman–Crippen LogP) is 21.7. The van der Waals surface area contributed by atoms with Gasteiger partial charge in [-0.05, 0) is 65.5 Å². The van der Waals surface area contributed by atoms with Gasteiger partial charge >= 0.3 is 0 Å². The molecule has 1 aromatic rings. The molecule has 1 aromatic carbocycles. The second-order valence-electron chi connectivity index (χ2n) is 23.1. The van der Waals surface area contributed by atoms with Crippen molar-refractivity contribution in [3.8, 4) is 0 Å². The molecule has 3 rings (SSSR count). The van der Waals surface area contributed by atoms with E-state index in [-0.39, 0.29) is 11.2 Å². The van der Waals surface area contributed by atoms with Crippen LogP contribution in [0.4, 0.5) is 11.4 Å². The van der Waals surface area contributed by atoms with Crippen LogP contribution in [0.3, 0.4) is 0 Å². The van der Waals surface area contributed by atoms with Gasteiger partial charge in [-0.3, -0.25) is 0 Å². The Balaban J connectivity index is 1.87. The van der Waals surface area contributed by atoms with E-state index in [1.54, 1.807) is 0 Å². The maximum Gasteiger partial charge on any atom is 0.134 e. The summed E-state index contributed by atoms with van der Waals surface area (Å²) in [6.45, 7) is 18.4. The molecular weight excluding hydrogens is 805 g/mol. The molecule has 0 aliphatic carbocycles. The minimum atomic E-state index is -0.429. The number of anilines is 2. The van der Waals surface area contributed by atoms with Crippen LogP contribution in [0.1, 0.15) is 349 Å². The minimum Gasteiger partial charge on any atom is -0.358 e. The van der Waals surface area contributed by atoms with Crippen LogP contribution in [0.25, 0.3) is 0 Å². The summed E-state index contributed by atoms with van der Waals surface area (Å²) >= 11 is 0. The number of unbranched alkanes of at least 4 members (excludes halogenated alkanes) is 36. The Bertz CT molecular complexity index is 1180. The lowest BCUT2D eigenvalue weighted by Gasteiger charge is -2.51. The number of fused-ring (bicyclic) bond motifs is 2. The maximum absolute atomic E-state index is 7.51. The molecule has 0 atom stereocenters. The predicted molar refractivity (Wildman–Crippen MR) is 293 cm³/mol. The van der Waals surface area contributed by atoms with Gasteiger partial charge in [0.25, 0.3) is 0 Å². The molecule has 386 valence electrons. The van der Waals surface area contributed by atoms with Gasteiger partial charge in [0, 0.05) is 22.5 Å². The number of hydrogen-bond acceptors (Lipinski definition) is 4. The third-order valence-electron chi connectivity index (χ3n) is 15.6. The van der Waals surface area contributed by atoms with E-state index in [1.807, 2.05) is 0 Å². The van der Waals surface area contributed by atoms with E-state index >= 15 is 0 Å². The third kappa shape index (κ3) is 23.6. The van der Waals surface area contributed by atoms with Gasteiger partial charge in [-0.1, -0.05) is 285 Å². The average Bonchev–Trinajstić information content (AvgIpc) is 3.27. The van der Waals surface area contributed by atoms with Crippen molar-refractivity contribution >= 4 is 11.4 Å². The third-order valence-corrected chi connectivity index (χ3v) is 15.6. The van der Waals surface area contributed by atoms with Crippen LogP contribution in [0.5, 0.6) is 0 Å². The van der Waals surface area contributed by atoms with Crippen LogP contribution in [0, 0.1) is 0 Å². The van der Waals surface area contributed by atoms with E-state index in [4.69, 9.17) is 9.47 Å². The standard InChI is InChI=1S/C62H116N2O2/c1-9-13-17-21-25-29-33-37-41-45-49-61(50-46-42-38-34-30-26-22-18-14-10-2)55-53-56-58(54-57(55)63-59(5,6)65-61)64-60(7,8)66-62(56,51-47-43-39-35-31-27-23-19-15-11-3)52-48-44-40-36-32-28-24-20-16-12-4/h53-54,63-64H,9-52H2,1-8H3. The molecule has 0 unspecified atom stereocenters. The van der Waals surface area contributed by atoms with Crippen LogP contribution >= 0.6 is 0 Å². The van der Waals surface area contributed by atoms with Gasteiger partial charge in [0.05, 0.1) is 11.2 Å². The van der Waals surface area contributed by atoms with Gasteiger partial charge in [-0.2, -0.15) is 0 Å². The molecule has 2 N–H and O–H groups in total. The first-order chi connectivity index (χ1) is 32.1. The molecule has 0 saturated carbocycles. The first kappa shape index (κ1) is 59.1. The number of nitrogens with one attached hydrogen (secondary N) is 2. The molecule has 0 fully saturated rings. The molecule has 0 saturated heterocycles. The van der Waals surface area contributed by atoms with Crippen LogP contribution in [-0.4, -0.2) is 11.4 Å². The lowest BCUT2D eigenvalue weighted by molar-refractivity contribution is -0.155. The van der Waals surface area contributed by atoms with Crippen LogP contribution < -0.4 is 10.6 Å². The zero-order valence-electron chi connectivity index (χ0n) is 46.1. The van der Waals surface area contributed by atoms with E-state index in [9.17, 15) is 0 Å². The van der Waals surface area contributed by atoms with Crippen molar-refractivity contribution in [2.45, 2.75) is 361 Å². The average molecular weight is 922 g/mol. The summed E-state index contributed by atoms with van der Waals surface area (Å²) in [5.41, 5.74) is 4.01. The fraction of sp³-hybridized carbons (Fsp3) is 0.903. The highest BCUT2D eigenvalue weighted by Crippen LogP contribution is 2.54. The second kappa shape index (κ2) is 34.9. The number of ether oxygens (including phenoxy) is 2. The molecule has 2 aliphatic heterocycles. The number of hydrogen-bond donors (Lipinski definition) is 2. The van der Waals surface area contributed by atoms with Gasteiger partial charge in [-0.15, -0.1) is 0 Å². The van der Waals surface area contributed by atoms with Crippen molar-refractivity contribution in [1.82, 2.24) is 0 Å². The van der Waals surface area contributed by atoms with Gasteiger partial charge < -0.3 is 20.1 Å². The van der Waals surface area contributed by atoms with Crippen molar-refractivity contribution in [2.24, 2.45) is 0 Å². The van der Waals surface area contributed by atoms with Crippen LogP contribution in [-0.2, 0) is 20.7 Å². The second-order valence-corrected chi connectivity index (χ2v) is 23.1. The molecule has 0 bridgehead atoms.